The van der Waals surface area contributed by atoms with E-state index in [9.17, 15) is 14.7 Å². The van der Waals surface area contributed by atoms with Crippen LogP contribution in [0.4, 0.5) is 0 Å². The molecule has 0 bridgehead atoms. The van der Waals surface area contributed by atoms with Crippen LogP contribution >= 0.6 is 11.6 Å². The molecule has 0 saturated heterocycles. The summed E-state index contributed by atoms with van der Waals surface area (Å²) < 4.78 is 1.09. The molecule has 0 spiro atoms. The molecule has 1 aromatic heterocycles. The lowest BCUT2D eigenvalue weighted by molar-refractivity contribution is 0.0920. The number of nitrogens with one attached hydrogen (secondary N) is 1. The standard InChI is InChI=1S/C21H17ClN4O3/c1-13(12-27)24-20(28)18-10-19(15-5-7-16(22)8-6-15)25-26(21(18)29)17-4-2-3-14(9-17)11-23/h2-10,13,27H,12H2,1H3,(H,24,28). The molecule has 8 heteroatoms. The highest BCUT2D eigenvalue weighted by Gasteiger charge is 2.19. The van der Waals surface area contributed by atoms with Crippen LogP contribution in [-0.2, 0) is 0 Å². The third-order valence-corrected chi connectivity index (χ3v) is 4.42. The van der Waals surface area contributed by atoms with Gasteiger partial charge < -0.3 is 10.4 Å². The molecular formula is C21H17ClN4O3. The number of benzene rings is 2. The van der Waals surface area contributed by atoms with E-state index in [-0.39, 0.29) is 12.2 Å². The fourth-order valence-electron chi connectivity index (χ4n) is 2.65. The highest BCUT2D eigenvalue weighted by Crippen LogP contribution is 2.20. The number of hydrogen-bond donors (Lipinski definition) is 2. The first kappa shape index (κ1) is 20.3. The average molecular weight is 409 g/mol. The number of aliphatic hydroxyl groups is 1. The zero-order valence-electron chi connectivity index (χ0n) is 15.5. The Kier molecular flexibility index (Phi) is 6.07. The van der Waals surface area contributed by atoms with E-state index in [4.69, 9.17) is 16.9 Å². The lowest BCUT2D eigenvalue weighted by atomic mass is 10.1. The van der Waals surface area contributed by atoms with Crippen LogP contribution in [0.2, 0.25) is 5.02 Å². The minimum atomic E-state index is -0.638. The van der Waals surface area contributed by atoms with E-state index >= 15 is 0 Å². The fraction of sp³-hybridized carbons (Fsp3) is 0.143. The van der Waals surface area contributed by atoms with Gasteiger partial charge >= 0.3 is 0 Å². The molecule has 3 aromatic rings. The maximum atomic E-state index is 13.0. The number of aromatic nitrogens is 2. The van der Waals surface area contributed by atoms with Gasteiger partial charge in [0.1, 0.15) is 5.56 Å². The lowest BCUT2D eigenvalue weighted by Crippen LogP contribution is -2.39. The molecule has 29 heavy (non-hydrogen) atoms. The molecule has 7 nitrogen and oxygen atoms in total. The Balaban J connectivity index is 2.21. The van der Waals surface area contributed by atoms with Crippen molar-refractivity contribution in [1.82, 2.24) is 15.1 Å². The normalized spacial score (nSPS) is 11.5. The second kappa shape index (κ2) is 8.69. The van der Waals surface area contributed by atoms with E-state index in [1.54, 1.807) is 49.4 Å². The van der Waals surface area contributed by atoms with Crippen molar-refractivity contribution in [2.45, 2.75) is 13.0 Å². The Bertz CT molecular complexity index is 1150. The van der Waals surface area contributed by atoms with Gasteiger partial charge in [-0.3, -0.25) is 9.59 Å². The molecule has 146 valence electrons. The van der Waals surface area contributed by atoms with Crippen molar-refractivity contribution in [3.8, 4) is 23.0 Å². The van der Waals surface area contributed by atoms with Crippen LogP contribution < -0.4 is 10.9 Å². The molecule has 0 aliphatic rings. The Morgan fingerprint density at radius 2 is 2.00 bits per heavy atom. The third-order valence-electron chi connectivity index (χ3n) is 4.17. The van der Waals surface area contributed by atoms with Gasteiger partial charge in [-0.1, -0.05) is 29.8 Å². The predicted octanol–water partition coefficient (Wildman–Crippen LogP) is 2.54. The highest BCUT2D eigenvalue weighted by molar-refractivity contribution is 6.30. The smallest absolute Gasteiger partial charge is 0.284 e. The number of carbonyl (C=O) groups is 1. The minimum absolute atomic E-state index is 0.132. The van der Waals surface area contributed by atoms with Crippen molar-refractivity contribution in [3.05, 3.63) is 81.1 Å². The van der Waals surface area contributed by atoms with Gasteiger partial charge in [0.25, 0.3) is 11.5 Å². The second-order valence-corrected chi connectivity index (χ2v) is 6.82. The summed E-state index contributed by atoms with van der Waals surface area (Å²) in [7, 11) is 0. The van der Waals surface area contributed by atoms with Crippen LogP contribution in [0.25, 0.3) is 16.9 Å². The summed E-state index contributed by atoms with van der Waals surface area (Å²) in [6, 6.07) is 16.1. The van der Waals surface area contributed by atoms with Crippen molar-refractivity contribution in [3.63, 3.8) is 0 Å². The highest BCUT2D eigenvalue weighted by atomic mass is 35.5. The van der Waals surface area contributed by atoms with E-state index in [0.717, 1.165) is 4.68 Å². The van der Waals surface area contributed by atoms with Gasteiger partial charge in [-0.25, -0.2) is 0 Å². The zero-order valence-corrected chi connectivity index (χ0v) is 16.2. The molecule has 0 radical (unpaired) electrons. The van der Waals surface area contributed by atoms with Crippen molar-refractivity contribution in [1.29, 1.82) is 5.26 Å². The van der Waals surface area contributed by atoms with Crippen LogP contribution in [0.15, 0.2) is 59.4 Å². The lowest BCUT2D eigenvalue weighted by Gasteiger charge is -2.13. The van der Waals surface area contributed by atoms with Gasteiger partial charge in [0, 0.05) is 16.6 Å². The van der Waals surface area contributed by atoms with Gasteiger partial charge in [-0.2, -0.15) is 15.0 Å². The maximum Gasteiger partial charge on any atom is 0.284 e. The number of hydrogen-bond acceptors (Lipinski definition) is 5. The van der Waals surface area contributed by atoms with Gasteiger partial charge in [0.05, 0.1) is 29.6 Å². The largest absolute Gasteiger partial charge is 0.394 e. The van der Waals surface area contributed by atoms with E-state index in [0.29, 0.717) is 27.5 Å². The Hall–Kier alpha value is -3.47. The molecule has 2 N–H and O–H groups in total. The molecule has 1 heterocycles. The fourth-order valence-corrected chi connectivity index (χ4v) is 2.77. The van der Waals surface area contributed by atoms with Gasteiger partial charge in [-0.15, -0.1) is 0 Å². The second-order valence-electron chi connectivity index (χ2n) is 6.39. The Morgan fingerprint density at radius 3 is 2.66 bits per heavy atom. The molecular weight excluding hydrogens is 392 g/mol. The molecule has 2 aromatic carbocycles. The summed E-state index contributed by atoms with van der Waals surface area (Å²) in [5.41, 5.74) is 0.976. The quantitative estimate of drug-likeness (QED) is 0.674. The van der Waals surface area contributed by atoms with Gasteiger partial charge in [-0.05, 0) is 43.3 Å². The van der Waals surface area contributed by atoms with Gasteiger partial charge in [0.2, 0.25) is 0 Å². The molecule has 1 unspecified atom stereocenters. The number of rotatable bonds is 5. The summed E-state index contributed by atoms with van der Waals surface area (Å²) in [5.74, 6) is -0.626. The number of carbonyl (C=O) groups excluding carboxylic acids is 1. The van der Waals surface area contributed by atoms with E-state index in [1.165, 1.54) is 12.1 Å². The first-order valence-electron chi connectivity index (χ1n) is 8.75. The maximum absolute atomic E-state index is 13.0. The predicted molar refractivity (Wildman–Crippen MR) is 109 cm³/mol. The molecule has 1 amide bonds. The molecule has 1 atom stereocenters. The van der Waals surface area contributed by atoms with Crippen molar-refractivity contribution in [2.75, 3.05) is 6.61 Å². The summed E-state index contributed by atoms with van der Waals surface area (Å²) in [5, 5.41) is 25.8. The van der Waals surface area contributed by atoms with E-state index in [2.05, 4.69) is 10.4 Å². The van der Waals surface area contributed by atoms with Crippen LogP contribution in [0.3, 0.4) is 0 Å². The first-order valence-corrected chi connectivity index (χ1v) is 9.13. The number of aliphatic hydroxyl groups excluding tert-OH is 1. The van der Waals surface area contributed by atoms with Crippen molar-refractivity contribution < 1.29 is 9.90 Å². The summed E-state index contributed by atoms with van der Waals surface area (Å²) >= 11 is 5.95. The zero-order chi connectivity index (χ0) is 21.0. The van der Waals surface area contributed by atoms with E-state index in [1.807, 2.05) is 6.07 Å². The van der Waals surface area contributed by atoms with Gasteiger partial charge in [0.15, 0.2) is 0 Å². The molecule has 3 rings (SSSR count). The van der Waals surface area contributed by atoms with Crippen LogP contribution in [-0.4, -0.2) is 33.4 Å². The number of nitriles is 1. The Morgan fingerprint density at radius 1 is 1.28 bits per heavy atom. The van der Waals surface area contributed by atoms with Crippen LogP contribution in [0, 0.1) is 11.3 Å². The molecule has 0 aliphatic carbocycles. The molecule has 0 saturated carbocycles. The summed E-state index contributed by atoms with van der Waals surface area (Å²) in [6.07, 6.45) is 0. The third kappa shape index (κ3) is 4.51. The van der Waals surface area contributed by atoms with Crippen LogP contribution in [0.1, 0.15) is 22.8 Å². The molecule has 0 aliphatic heterocycles. The van der Waals surface area contributed by atoms with Crippen molar-refractivity contribution in [2.24, 2.45) is 0 Å². The first-order chi connectivity index (χ1) is 13.9. The minimum Gasteiger partial charge on any atom is -0.394 e. The average Bonchev–Trinajstić information content (AvgIpc) is 2.74. The van der Waals surface area contributed by atoms with Crippen LogP contribution in [0.5, 0.6) is 0 Å². The number of nitrogens with zero attached hydrogens (tertiary/aromatic N) is 3. The summed E-state index contributed by atoms with van der Waals surface area (Å²) in [4.78, 5) is 25.6. The number of amides is 1. The van der Waals surface area contributed by atoms with E-state index < -0.39 is 17.5 Å². The number of halogens is 1. The monoisotopic (exact) mass is 408 g/mol. The summed E-state index contributed by atoms with van der Waals surface area (Å²) in [6.45, 7) is 1.35. The Labute approximate surface area is 171 Å². The molecule has 0 fully saturated rings. The van der Waals surface area contributed by atoms with Crippen molar-refractivity contribution >= 4 is 17.5 Å². The SMILES string of the molecule is CC(CO)NC(=O)c1cc(-c2ccc(Cl)cc2)nn(-c2cccc(C#N)c2)c1=O. The topological polar surface area (TPSA) is 108 Å².